The van der Waals surface area contributed by atoms with E-state index in [0.29, 0.717) is 11.6 Å². The van der Waals surface area contributed by atoms with Gasteiger partial charge in [-0.05, 0) is 35.9 Å². The van der Waals surface area contributed by atoms with Gasteiger partial charge in [-0.1, -0.05) is 6.07 Å². The Morgan fingerprint density at radius 1 is 0.900 bits per heavy atom. The molecule has 2 heterocycles. The summed E-state index contributed by atoms with van der Waals surface area (Å²) in [5.41, 5.74) is 2.51. The first-order chi connectivity index (χ1) is 9.81. The van der Waals surface area contributed by atoms with E-state index in [1.54, 1.807) is 36.9 Å². The van der Waals surface area contributed by atoms with E-state index in [4.69, 9.17) is 0 Å². The molecular weight excluding hydrogens is 255 g/mol. The minimum absolute atomic E-state index is 0.302. The van der Waals surface area contributed by atoms with Crippen molar-refractivity contribution in [2.75, 3.05) is 5.32 Å². The summed E-state index contributed by atoms with van der Waals surface area (Å²) in [7, 11) is 0. The summed E-state index contributed by atoms with van der Waals surface area (Å²) in [6, 6.07) is 9.93. The molecule has 98 valence electrons. The number of aromatic nitrogens is 3. The second-order valence-electron chi connectivity index (χ2n) is 4.17. The van der Waals surface area contributed by atoms with Crippen LogP contribution in [0.25, 0.3) is 11.1 Å². The Bertz CT molecular complexity index is 699. The zero-order valence-corrected chi connectivity index (χ0v) is 10.5. The fourth-order valence-corrected chi connectivity index (χ4v) is 1.78. The molecule has 1 N–H and O–H groups in total. The molecule has 0 amide bonds. The number of anilines is 2. The van der Waals surface area contributed by atoms with Crippen molar-refractivity contribution >= 4 is 11.6 Å². The molecular formula is C15H11FN4. The highest BCUT2D eigenvalue weighted by Gasteiger charge is 2.01. The van der Waals surface area contributed by atoms with Crippen LogP contribution in [-0.2, 0) is 0 Å². The van der Waals surface area contributed by atoms with Crippen molar-refractivity contribution in [2.24, 2.45) is 0 Å². The Kier molecular flexibility index (Phi) is 3.33. The molecule has 0 aliphatic rings. The fourth-order valence-electron chi connectivity index (χ4n) is 1.78. The van der Waals surface area contributed by atoms with Gasteiger partial charge >= 0.3 is 0 Å². The average Bonchev–Trinajstić information content (AvgIpc) is 2.49. The van der Waals surface area contributed by atoms with Gasteiger partial charge in [-0.2, -0.15) is 0 Å². The first kappa shape index (κ1) is 12.2. The van der Waals surface area contributed by atoms with Crippen LogP contribution < -0.4 is 5.32 Å². The van der Waals surface area contributed by atoms with Crippen molar-refractivity contribution in [3.63, 3.8) is 0 Å². The maximum Gasteiger partial charge on any atom is 0.227 e. The van der Waals surface area contributed by atoms with E-state index < -0.39 is 0 Å². The predicted octanol–water partition coefficient (Wildman–Crippen LogP) is 3.42. The zero-order valence-electron chi connectivity index (χ0n) is 10.5. The van der Waals surface area contributed by atoms with Gasteiger partial charge in [-0.15, -0.1) is 0 Å². The van der Waals surface area contributed by atoms with Gasteiger partial charge in [0.1, 0.15) is 5.82 Å². The number of rotatable bonds is 3. The molecule has 0 atom stereocenters. The van der Waals surface area contributed by atoms with Crippen LogP contribution in [0.4, 0.5) is 16.0 Å². The molecule has 2 aromatic heterocycles. The van der Waals surface area contributed by atoms with E-state index in [1.807, 2.05) is 12.1 Å². The number of hydrogen-bond donors (Lipinski definition) is 1. The van der Waals surface area contributed by atoms with Gasteiger partial charge in [0.25, 0.3) is 0 Å². The summed E-state index contributed by atoms with van der Waals surface area (Å²) >= 11 is 0. The number of halogens is 1. The molecule has 0 fully saturated rings. The SMILES string of the molecule is Fc1cccc(Nc2ncc(-c3ccncc3)cn2)c1. The highest BCUT2D eigenvalue weighted by atomic mass is 19.1. The van der Waals surface area contributed by atoms with Crippen molar-refractivity contribution in [2.45, 2.75) is 0 Å². The van der Waals surface area contributed by atoms with E-state index in [-0.39, 0.29) is 5.82 Å². The van der Waals surface area contributed by atoms with Gasteiger partial charge in [-0.25, -0.2) is 14.4 Å². The molecule has 1 aromatic carbocycles. The lowest BCUT2D eigenvalue weighted by Gasteiger charge is -2.05. The monoisotopic (exact) mass is 266 g/mol. The fraction of sp³-hybridized carbons (Fsp3) is 0. The van der Waals surface area contributed by atoms with Crippen LogP contribution in [0.3, 0.4) is 0 Å². The lowest BCUT2D eigenvalue weighted by molar-refractivity contribution is 0.628. The molecule has 0 spiro atoms. The summed E-state index contributed by atoms with van der Waals surface area (Å²) in [4.78, 5) is 12.4. The highest BCUT2D eigenvalue weighted by molar-refractivity contribution is 5.62. The molecule has 0 saturated heterocycles. The van der Waals surface area contributed by atoms with Gasteiger partial charge in [0.2, 0.25) is 5.95 Å². The maximum atomic E-state index is 13.1. The van der Waals surface area contributed by atoms with E-state index >= 15 is 0 Å². The lowest BCUT2D eigenvalue weighted by Crippen LogP contribution is -1.97. The Labute approximate surface area is 115 Å². The van der Waals surface area contributed by atoms with Crippen LogP contribution in [0.5, 0.6) is 0 Å². The molecule has 4 nitrogen and oxygen atoms in total. The molecule has 5 heteroatoms. The van der Waals surface area contributed by atoms with Crippen molar-refractivity contribution < 1.29 is 4.39 Å². The van der Waals surface area contributed by atoms with Crippen LogP contribution >= 0.6 is 0 Å². The van der Waals surface area contributed by atoms with Crippen LogP contribution in [0.1, 0.15) is 0 Å². The topological polar surface area (TPSA) is 50.7 Å². The minimum Gasteiger partial charge on any atom is -0.324 e. The number of nitrogens with zero attached hydrogens (tertiary/aromatic N) is 3. The van der Waals surface area contributed by atoms with Crippen molar-refractivity contribution in [1.29, 1.82) is 0 Å². The largest absolute Gasteiger partial charge is 0.324 e. The second kappa shape index (κ2) is 5.44. The average molecular weight is 266 g/mol. The van der Waals surface area contributed by atoms with Gasteiger partial charge < -0.3 is 5.32 Å². The Balaban J connectivity index is 1.80. The Hall–Kier alpha value is -2.82. The van der Waals surface area contributed by atoms with Crippen LogP contribution in [-0.4, -0.2) is 15.0 Å². The zero-order chi connectivity index (χ0) is 13.8. The minimum atomic E-state index is -0.302. The van der Waals surface area contributed by atoms with Crippen molar-refractivity contribution in [1.82, 2.24) is 15.0 Å². The molecule has 0 bridgehead atoms. The number of nitrogens with one attached hydrogen (secondary N) is 1. The van der Waals surface area contributed by atoms with Gasteiger partial charge in [0.15, 0.2) is 0 Å². The Morgan fingerprint density at radius 2 is 1.65 bits per heavy atom. The van der Waals surface area contributed by atoms with E-state index in [1.165, 1.54) is 12.1 Å². The number of hydrogen-bond acceptors (Lipinski definition) is 4. The summed E-state index contributed by atoms with van der Waals surface area (Å²) in [6.07, 6.45) is 6.86. The van der Waals surface area contributed by atoms with E-state index in [0.717, 1.165) is 11.1 Å². The molecule has 0 radical (unpaired) electrons. The van der Waals surface area contributed by atoms with Gasteiger partial charge in [0, 0.05) is 36.0 Å². The smallest absolute Gasteiger partial charge is 0.227 e. The number of pyridine rings is 1. The lowest BCUT2D eigenvalue weighted by atomic mass is 10.1. The molecule has 0 unspecified atom stereocenters. The maximum absolute atomic E-state index is 13.1. The first-order valence-corrected chi connectivity index (χ1v) is 6.06. The van der Waals surface area contributed by atoms with Crippen molar-refractivity contribution in [3.05, 3.63) is 67.0 Å². The third-order valence-corrected chi connectivity index (χ3v) is 2.75. The van der Waals surface area contributed by atoms with E-state index in [2.05, 4.69) is 20.3 Å². The predicted molar refractivity (Wildman–Crippen MR) is 74.9 cm³/mol. The number of benzene rings is 1. The Morgan fingerprint density at radius 3 is 2.35 bits per heavy atom. The molecule has 0 aliphatic carbocycles. The molecule has 0 saturated carbocycles. The van der Waals surface area contributed by atoms with Crippen LogP contribution in [0.15, 0.2) is 61.2 Å². The summed E-state index contributed by atoms with van der Waals surface area (Å²) < 4.78 is 13.1. The summed E-state index contributed by atoms with van der Waals surface area (Å²) in [5.74, 6) is 0.122. The van der Waals surface area contributed by atoms with Gasteiger partial charge in [-0.3, -0.25) is 4.98 Å². The summed E-state index contributed by atoms with van der Waals surface area (Å²) in [5, 5.41) is 2.95. The quantitative estimate of drug-likeness (QED) is 0.789. The first-order valence-electron chi connectivity index (χ1n) is 6.06. The third-order valence-electron chi connectivity index (χ3n) is 2.75. The van der Waals surface area contributed by atoms with Gasteiger partial charge in [0.05, 0.1) is 0 Å². The van der Waals surface area contributed by atoms with E-state index in [9.17, 15) is 4.39 Å². The molecule has 3 rings (SSSR count). The second-order valence-corrected chi connectivity index (χ2v) is 4.17. The molecule has 3 aromatic rings. The van der Waals surface area contributed by atoms with Crippen molar-refractivity contribution in [3.8, 4) is 11.1 Å². The molecule has 20 heavy (non-hydrogen) atoms. The standard InChI is InChI=1S/C15H11FN4/c16-13-2-1-3-14(8-13)20-15-18-9-12(10-19-15)11-4-6-17-7-5-11/h1-10H,(H,18,19,20). The highest BCUT2D eigenvalue weighted by Crippen LogP contribution is 2.18. The van der Waals surface area contributed by atoms with Crippen LogP contribution in [0.2, 0.25) is 0 Å². The normalized spacial score (nSPS) is 10.2. The summed E-state index contributed by atoms with van der Waals surface area (Å²) in [6.45, 7) is 0. The molecule has 0 aliphatic heterocycles. The van der Waals surface area contributed by atoms with Crippen LogP contribution in [0, 0.1) is 5.82 Å². The third kappa shape index (κ3) is 2.77.